The van der Waals surface area contributed by atoms with Gasteiger partial charge in [-0.25, -0.2) is 0 Å². The molecule has 3 rings (SSSR count). The van der Waals surface area contributed by atoms with Gasteiger partial charge in [-0.05, 0) is 12.8 Å². The van der Waals surface area contributed by atoms with Crippen molar-refractivity contribution in [3.63, 3.8) is 0 Å². The van der Waals surface area contributed by atoms with Crippen LogP contribution in [0, 0.1) is 0 Å². The summed E-state index contributed by atoms with van der Waals surface area (Å²) in [6.45, 7) is 0.701. The van der Waals surface area contributed by atoms with Crippen LogP contribution in [0.15, 0.2) is 10.9 Å². The normalized spacial score (nSPS) is 22.7. The molecule has 1 aromatic rings. The minimum absolute atomic E-state index is 0.00662. The summed E-state index contributed by atoms with van der Waals surface area (Å²) in [4.78, 5) is 30.4. The Kier molecular flexibility index (Phi) is 3.42. The first kappa shape index (κ1) is 13.1. The van der Waals surface area contributed by atoms with Crippen LogP contribution in [-0.4, -0.2) is 38.9 Å². The molecule has 0 unspecified atom stereocenters. The summed E-state index contributed by atoms with van der Waals surface area (Å²) >= 11 is 0. The maximum absolute atomic E-state index is 12.8. The van der Waals surface area contributed by atoms with Crippen LogP contribution in [0.1, 0.15) is 44.3 Å². The van der Waals surface area contributed by atoms with Crippen LogP contribution in [0.3, 0.4) is 0 Å². The SMILES string of the molecule is O=C1CCN(Cc2ncon2)C(=O)C2(CCCCC2)N1. The summed E-state index contributed by atoms with van der Waals surface area (Å²) in [5.41, 5.74) is -0.713. The highest BCUT2D eigenvalue weighted by Gasteiger charge is 2.45. The largest absolute Gasteiger partial charge is 0.343 e. The fourth-order valence-corrected chi connectivity index (χ4v) is 3.10. The van der Waals surface area contributed by atoms with Crippen molar-refractivity contribution in [2.24, 2.45) is 0 Å². The third-order valence-corrected chi connectivity index (χ3v) is 4.13. The average Bonchev–Trinajstić information content (AvgIpc) is 2.93. The molecule has 7 nitrogen and oxygen atoms in total. The van der Waals surface area contributed by atoms with Crippen molar-refractivity contribution in [2.75, 3.05) is 6.54 Å². The molecule has 0 atom stereocenters. The molecule has 2 aliphatic rings. The number of nitrogens with zero attached hydrogens (tertiary/aromatic N) is 3. The van der Waals surface area contributed by atoms with Gasteiger partial charge in [0, 0.05) is 13.0 Å². The van der Waals surface area contributed by atoms with Crippen LogP contribution in [0.25, 0.3) is 0 Å². The van der Waals surface area contributed by atoms with E-state index in [9.17, 15) is 9.59 Å². The van der Waals surface area contributed by atoms with Crippen LogP contribution in [0.2, 0.25) is 0 Å². The molecule has 1 spiro atoms. The van der Waals surface area contributed by atoms with Gasteiger partial charge in [0.05, 0.1) is 6.54 Å². The van der Waals surface area contributed by atoms with Gasteiger partial charge in [0.2, 0.25) is 18.2 Å². The maximum atomic E-state index is 12.8. The van der Waals surface area contributed by atoms with Crippen molar-refractivity contribution < 1.29 is 14.1 Å². The second-order valence-corrected chi connectivity index (χ2v) is 5.52. The number of aromatic nitrogens is 2. The summed E-state index contributed by atoms with van der Waals surface area (Å²) in [7, 11) is 0. The van der Waals surface area contributed by atoms with E-state index in [0.29, 0.717) is 25.3 Å². The summed E-state index contributed by atoms with van der Waals surface area (Å²) in [5.74, 6) is 0.419. The van der Waals surface area contributed by atoms with Gasteiger partial charge in [0.15, 0.2) is 5.82 Å². The van der Waals surface area contributed by atoms with E-state index in [1.54, 1.807) is 4.90 Å². The van der Waals surface area contributed by atoms with Crippen molar-refractivity contribution in [3.05, 3.63) is 12.2 Å². The van der Waals surface area contributed by atoms with Crippen LogP contribution in [0.5, 0.6) is 0 Å². The van der Waals surface area contributed by atoms with Gasteiger partial charge in [0.25, 0.3) is 0 Å². The third-order valence-electron chi connectivity index (χ3n) is 4.13. The highest BCUT2D eigenvalue weighted by Crippen LogP contribution is 2.31. The Balaban J connectivity index is 1.83. The monoisotopic (exact) mass is 278 g/mol. The summed E-state index contributed by atoms with van der Waals surface area (Å²) in [5, 5.41) is 6.70. The molecule has 2 amide bonds. The molecular weight excluding hydrogens is 260 g/mol. The smallest absolute Gasteiger partial charge is 0.248 e. The Labute approximate surface area is 116 Å². The Morgan fingerprint density at radius 1 is 1.30 bits per heavy atom. The lowest BCUT2D eigenvalue weighted by Gasteiger charge is -2.37. The van der Waals surface area contributed by atoms with E-state index in [4.69, 9.17) is 4.52 Å². The minimum Gasteiger partial charge on any atom is -0.343 e. The van der Waals surface area contributed by atoms with E-state index >= 15 is 0 Å². The standard InChI is InChI=1S/C13H18N4O3/c18-11-4-7-17(8-10-14-9-20-16-10)12(19)13(15-11)5-2-1-3-6-13/h9H,1-8H2,(H,15,18). The third kappa shape index (κ3) is 2.39. The lowest BCUT2D eigenvalue weighted by Crippen LogP contribution is -2.58. The second kappa shape index (κ2) is 5.22. The predicted octanol–water partition coefficient (Wildman–Crippen LogP) is 0.621. The quantitative estimate of drug-likeness (QED) is 0.856. The Hall–Kier alpha value is -1.92. The van der Waals surface area contributed by atoms with E-state index in [-0.39, 0.29) is 11.8 Å². The van der Waals surface area contributed by atoms with E-state index < -0.39 is 5.54 Å². The van der Waals surface area contributed by atoms with E-state index in [1.165, 1.54) is 6.39 Å². The van der Waals surface area contributed by atoms with E-state index in [2.05, 4.69) is 15.5 Å². The average molecular weight is 278 g/mol. The first-order valence-electron chi connectivity index (χ1n) is 7.05. The lowest BCUT2D eigenvalue weighted by atomic mass is 9.80. The van der Waals surface area contributed by atoms with Crippen LogP contribution >= 0.6 is 0 Å². The van der Waals surface area contributed by atoms with Gasteiger partial charge in [-0.1, -0.05) is 24.4 Å². The molecule has 1 N–H and O–H groups in total. The molecule has 0 radical (unpaired) electrons. The van der Waals surface area contributed by atoms with Crippen LogP contribution in [-0.2, 0) is 16.1 Å². The fourth-order valence-electron chi connectivity index (χ4n) is 3.10. The summed E-state index contributed by atoms with van der Waals surface area (Å²) < 4.78 is 4.70. The number of carbonyl (C=O) groups is 2. The van der Waals surface area contributed by atoms with Crippen LogP contribution in [0.4, 0.5) is 0 Å². The van der Waals surface area contributed by atoms with Gasteiger partial charge in [-0.3, -0.25) is 9.59 Å². The van der Waals surface area contributed by atoms with Crippen LogP contribution < -0.4 is 5.32 Å². The molecule has 0 bridgehead atoms. The van der Waals surface area contributed by atoms with Gasteiger partial charge >= 0.3 is 0 Å². The molecular formula is C13H18N4O3. The molecule has 1 aromatic heterocycles. The fraction of sp³-hybridized carbons (Fsp3) is 0.692. The number of hydrogen-bond donors (Lipinski definition) is 1. The molecule has 1 saturated carbocycles. The van der Waals surface area contributed by atoms with Crippen molar-refractivity contribution in [1.29, 1.82) is 0 Å². The molecule has 108 valence electrons. The molecule has 1 saturated heterocycles. The molecule has 0 aromatic carbocycles. The van der Waals surface area contributed by atoms with Gasteiger partial charge in [-0.15, -0.1) is 0 Å². The van der Waals surface area contributed by atoms with Gasteiger partial charge in [-0.2, -0.15) is 4.98 Å². The zero-order valence-corrected chi connectivity index (χ0v) is 11.3. The number of rotatable bonds is 2. The Bertz CT molecular complexity index is 494. The Morgan fingerprint density at radius 3 is 2.80 bits per heavy atom. The van der Waals surface area contributed by atoms with Crippen molar-refractivity contribution in [1.82, 2.24) is 20.4 Å². The van der Waals surface area contributed by atoms with Crippen molar-refractivity contribution in [3.8, 4) is 0 Å². The number of hydrogen-bond acceptors (Lipinski definition) is 5. The summed E-state index contributed by atoms with van der Waals surface area (Å²) in [6, 6.07) is 0. The molecule has 20 heavy (non-hydrogen) atoms. The molecule has 7 heteroatoms. The van der Waals surface area contributed by atoms with Crippen molar-refractivity contribution in [2.45, 2.75) is 50.6 Å². The molecule has 1 aliphatic heterocycles. The highest BCUT2D eigenvalue weighted by molar-refractivity contribution is 5.93. The van der Waals surface area contributed by atoms with Crippen molar-refractivity contribution >= 4 is 11.8 Å². The number of amides is 2. The van der Waals surface area contributed by atoms with Gasteiger partial charge < -0.3 is 14.7 Å². The Morgan fingerprint density at radius 2 is 2.10 bits per heavy atom. The van der Waals surface area contributed by atoms with Gasteiger partial charge in [0.1, 0.15) is 5.54 Å². The zero-order valence-electron chi connectivity index (χ0n) is 11.3. The maximum Gasteiger partial charge on any atom is 0.248 e. The topological polar surface area (TPSA) is 88.3 Å². The lowest BCUT2D eigenvalue weighted by molar-refractivity contribution is -0.141. The molecule has 1 aliphatic carbocycles. The second-order valence-electron chi connectivity index (χ2n) is 5.52. The zero-order chi connectivity index (χ0) is 14.0. The molecule has 2 fully saturated rings. The first-order chi connectivity index (χ1) is 9.70. The first-order valence-corrected chi connectivity index (χ1v) is 7.05. The molecule has 2 heterocycles. The number of carbonyl (C=O) groups excluding carboxylic acids is 2. The highest BCUT2D eigenvalue weighted by atomic mass is 16.5. The minimum atomic E-state index is -0.713. The number of nitrogens with one attached hydrogen (secondary N) is 1. The van der Waals surface area contributed by atoms with E-state index in [1.807, 2.05) is 0 Å². The predicted molar refractivity (Wildman–Crippen MR) is 68.3 cm³/mol. The summed E-state index contributed by atoms with van der Waals surface area (Å²) in [6.07, 6.45) is 6.09. The van der Waals surface area contributed by atoms with E-state index in [0.717, 1.165) is 32.1 Å².